The zero-order valence-electron chi connectivity index (χ0n) is 12.4. The number of pyridine rings is 1. The van der Waals surface area contributed by atoms with Crippen LogP contribution in [-0.4, -0.2) is 32.8 Å². The Hall–Kier alpha value is -2.31. The van der Waals surface area contributed by atoms with Crippen LogP contribution >= 0.6 is 0 Å². The van der Waals surface area contributed by atoms with Crippen molar-refractivity contribution in [1.82, 2.24) is 24.8 Å². The van der Waals surface area contributed by atoms with Crippen LogP contribution in [0.25, 0.3) is 5.65 Å². The Morgan fingerprint density at radius 1 is 1.43 bits per heavy atom. The number of urea groups is 1. The highest BCUT2D eigenvalue weighted by Crippen LogP contribution is 1.95. The first-order chi connectivity index (χ1) is 10.1. The Morgan fingerprint density at radius 3 is 2.95 bits per heavy atom. The minimum atomic E-state index is -0.174. The Labute approximate surface area is 123 Å². The molecule has 0 aliphatic carbocycles. The molecule has 0 aromatic carbocycles. The van der Waals surface area contributed by atoms with E-state index < -0.39 is 0 Å². The van der Waals surface area contributed by atoms with Crippen molar-refractivity contribution >= 4 is 11.7 Å². The number of carbonyl (C=O) groups excluding carboxylic acids is 1. The molecule has 0 fully saturated rings. The van der Waals surface area contributed by atoms with Crippen LogP contribution in [0.5, 0.6) is 0 Å². The number of aromatic nitrogens is 3. The largest absolute Gasteiger partial charge is 0.350 e. The summed E-state index contributed by atoms with van der Waals surface area (Å²) in [5, 5.41) is 9.82. The molecule has 2 amide bonds. The third-order valence-corrected chi connectivity index (χ3v) is 3.31. The maximum absolute atomic E-state index is 12.0. The van der Waals surface area contributed by atoms with Gasteiger partial charge in [-0.15, -0.1) is 5.10 Å². The van der Waals surface area contributed by atoms with Gasteiger partial charge in [-0.25, -0.2) is 14.3 Å². The highest BCUT2D eigenvalue weighted by molar-refractivity contribution is 5.74. The zero-order valence-corrected chi connectivity index (χ0v) is 12.4. The molecule has 21 heavy (non-hydrogen) atoms. The van der Waals surface area contributed by atoms with Crippen molar-refractivity contribution in [3.8, 4) is 0 Å². The van der Waals surface area contributed by atoms with E-state index in [1.807, 2.05) is 19.9 Å². The smallest absolute Gasteiger partial charge is 0.338 e. The van der Waals surface area contributed by atoms with Crippen LogP contribution in [0.15, 0.2) is 29.2 Å². The number of aryl methyl sites for hydroxylation is 1. The maximum Gasteiger partial charge on any atom is 0.350 e. The lowest BCUT2D eigenvalue weighted by molar-refractivity contribution is 0.237. The fourth-order valence-electron chi connectivity index (χ4n) is 1.92. The molecule has 2 heterocycles. The number of fused-ring (bicyclic) bond motifs is 1. The van der Waals surface area contributed by atoms with Crippen LogP contribution in [0.1, 0.15) is 26.7 Å². The quantitative estimate of drug-likeness (QED) is 0.779. The SMILES string of the molecule is CC[C@H](C)NC(=O)NCCCn1nc2ccccn2c1=O. The van der Waals surface area contributed by atoms with Gasteiger partial charge in [0.25, 0.3) is 0 Å². The van der Waals surface area contributed by atoms with Crippen LogP contribution in [0.2, 0.25) is 0 Å². The number of amides is 2. The lowest BCUT2D eigenvalue weighted by atomic mass is 10.3. The van der Waals surface area contributed by atoms with Crippen molar-refractivity contribution in [3.63, 3.8) is 0 Å². The number of rotatable bonds is 6. The van der Waals surface area contributed by atoms with Crippen molar-refractivity contribution in [2.75, 3.05) is 6.54 Å². The Bertz CT molecular complexity index is 661. The number of carbonyl (C=O) groups is 1. The van der Waals surface area contributed by atoms with E-state index in [4.69, 9.17) is 0 Å². The van der Waals surface area contributed by atoms with Crippen LogP contribution in [0, 0.1) is 0 Å². The van der Waals surface area contributed by atoms with E-state index in [1.54, 1.807) is 18.3 Å². The first kappa shape index (κ1) is 15.1. The van der Waals surface area contributed by atoms with Gasteiger partial charge in [0.2, 0.25) is 0 Å². The highest BCUT2D eigenvalue weighted by atomic mass is 16.2. The molecule has 1 atom stereocenters. The molecule has 0 unspecified atom stereocenters. The summed E-state index contributed by atoms with van der Waals surface area (Å²) in [7, 11) is 0. The summed E-state index contributed by atoms with van der Waals surface area (Å²) in [6, 6.07) is 5.40. The monoisotopic (exact) mass is 291 g/mol. The second kappa shape index (κ2) is 6.92. The second-order valence-corrected chi connectivity index (χ2v) is 5.00. The minimum Gasteiger partial charge on any atom is -0.338 e. The molecule has 2 rings (SSSR count). The minimum absolute atomic E-state index is 0.158. The normalized spacial score (nSPS) is 12.3. The Balaban J connectivity index is 1.82. The third kappa shape index (κ3) is 3.84. The lowest BCUT2D eigenvalue weighted by Crippen LogP contribution is -2.41. The third-order valence-electron chi connectivity index (χ3n) is 3.31. The molecule has 0 radical (unpaired) electrons. The molecule has 2 N–H and O–H groups in total. The van der Waals surface area contributed by atoms with E-state index in [-0.39, 0.29) is 17.8 Å². The molecule has 2 aromatic rings. The van der Waals surface area contributed by atoms with Gasteiger partial charge in [0.05, 0.1) is 0 Å². The Kier molecular flexibility index (Phi) is 4.97. The van der Waals surface area contributed by atoms with E-state index >= 15 is 0 Å². The van der Waals surface area contributed by atoms with E-state index in [0.29, 0.717) is 25.2 Å². The second-order valence-electron chi connectivity index (χ2n) is 5.00. The Morgan fingerprint density at radius 2 is 2.24 bits per heavy atom. The van der Waals surface area contributed by atoms with E-state index in [1.165, 1.54) is 9.08 Å². The van der Waals surface area contributed by atoms with Gasteiger partial charge in [0, 0.05) is 25.3 Å². The fourth-order valence-corrected chi connectivity index (χ4v) is 1.92. The molecule has 0 bridgehead atoms. The molecule has 0 aliphatic heterocycles. The zero-order chi connectivity index (χ0) is 15.2. The standard InChI is InChI=1S/C14H21N5O2/c1-3-11(2)16-13(20)15-8-6-10-19-14(21)18-9-5-4-7-12(18)17-19/h4-5,7,9,11H,3,6,8,10H2,1-2H3,(H2,15,16,20)/t11-/m0/s1. The van der Waals surface area contributed by atoms with Gasteiger partial charge in [-0.3, -0.25) is 4.40 Å². The fraction of sp³-hybridized carbons (Fsp3) is 0.500. The van der Waals surface area contributed by atoms with E-state index in [9.17, 15) is 9.59 Å². The van der Waals surface area contributed by atoms with Crippen LogP contribution in [-0.2, 0) is 6.54 Å². The van der Waals surface area contributed by atoms with Crippen molar-refractivity contribution in [2.45, 2.75) is 39.3 Å². The lowest BCUT2D eigenvalue weighted by Gasteiger charge is -2.12. The van der Waals surface area contributed by atoms with E-state index in [0.717, 1.165) is 6.42 Å². The molecule has 0 saturated carbocycles. The van der Waals surface area contributed by atoms with Gasteiger partial charge in [0.1, 0.15) is 0 Å². The number of nitrogens with zero attached hydrogens (tertiary/aromatic N) is 3. The molecular formula is C14H21N5O2. The summed E-state index contributed by atoms with van der Waals surface area (Å²) in [5.41, 5.74) is 0.472. The molecule has 0 spiro atoms. The summed E-state index contributed by atoms with van der Waals surface area (Å²) in [6.45, 7) is 4.95. The van der Waals surface area contributed by atoms with Crippen LogP contribution in [0.4, 0.5) is 4.79 Å². The van der Waals surface area contributed by atoms with Gasteiger partial charge in [0.15, 0.2) is 5.65 Å². The van der Waals surface area contributed by atoms with Crippen molar-refractivity contribution < 1.29 is 4.79 Å². The first-order valence-corrected chi connectivity index (χ1v) is 7.20. The van der Waals surface area contributed by atoms with Gasteiger partial charge in [-0.2, -0.15) is 0 Å². The van der Waals surface area contributed by atoms with Crippen molar-refractivity contribution in [3.05, 3.63) is 34.9 Å². The highest BCUT2D eigenvalue weighted by Gasteiger charge is 2.06. The van der Waals surface area contributed by atoms with Gasteiger partial charge in [-0.1, -0.05) is 13.0 Å². The molecule has 0 saturated heterocycles. The van der Waals surface area contributed by atoms with Gasteiger partial charge >= 0.3 is 11.7 Å². The molecule has 2 aromatic heterocycles. The molecular weight excluding hydrogens is 270 g/mol. The molecule has 7 nitrogen and oxygen atoms in total. The van der Waals surface area contributed by atoms with Gasteiger partial charge in [-0.05, 0) is 31.9 Å². The topological polar surface area (TPSA) is 80.4 Å². The molecule has 0 aliphatic rings. The molecule has 114 valence electrons. The maximum atomic E-state index is 12.0. The predicted octanol–water partition coefficient (Wildman–Crippen LogP) is 0.984. The summed E-state index contributed by atoms with van der Waals surface area (Å²) in [5.74, 6) is 0. The summed E-state index contributed by atoms with van der Waals surface area (Å²) in [4.78, 5) is 23.5. The number of hydrogen-bond donors (Lipinski definition) is 2. The first-order valence-electron chi connectivity index (χ1n) is 7.20. The van der Waals surface area contributed by atoms with Crippen molar-refractivity contribution in [2.24, 2.45) is 0 Å². The summed E-state index contributed by atoms with van der Waals surface area (Å²) in [6.07, 6.45) is 3.24. The van der Waals surface area contributed by atoms with Crippen LogP contribution < -0.4 is 16.3 Å². The number of hydrogen-bond acceptors (Lipinski definition) is 3. The summed E-state index contributed by atoms with van der Waals surface area (Å²) >= 11 is 0. The molecule has 7 heteroatoms. The summed E-state index contributed by atoms with van der Waals surface area (Å²) < 4.78 is 2.92. The van der Waals surface area contributed by atoms with Crippen molar-refractivity contribution in [1.29, 1.82) is 0 Å². The van der Waals surface area contributed by atoms with Gasteiger partial charge < -0.3 is 10.6 Å². The van der Waals surface area contributed by atoms with Crippen LogP contribution in [0.3, 0.4) is 0 Å². The predicted molar refractivity (Wildman–Crippen MR) is 80.4 cm³/mol. The van der Waals surface area contributed by atoms with E-state index in [2.05, 4.69) is 15.7 Å². The number of nitrogens with one attached hydrogen (secondary N) is 2. The average Bonchev–Trinajstić information content (AvgIpc) is 2.80. The average molecular weight is 291 g/mol.